The van der Waals surface area contributed by atoms with Gasteiger partial charge in [0.15, 0.2) is 0 Å². The summed E-state index contributed by atoms with van der Waals surface area (Å²) in [4.78, 5) is 2.83. The largest absolute Gasteiger partial charge is 0.299 e. The number of piperidine rings is 1. The van der Waals surface area contributed by atoms with E-state index in [1.807, 2.05) is 13.8 Å². The zero-order chi connectivity index (χ0) is 22.5. The third kappa shape index (κ3) is 6.99. The van der Waals surface area contributed by atoms with Crippen LogP contribution in [-0.4, -0.2) is 52.4 Å². The third-order valence-corrected chi connectivity index (χ3v) is 12.6. The van der Waals surface area contributed by atoms with Crippen LogP contribution in [0.1, 0.15) is 30.4 Å². The predicted octanol–water partition coefficient (Wildman–Crippen LogP) is 4.70. The van der Waals surface area contributed by atoms with E-state index in [9.17, 15) is 16.8 Å². The maximum Gasteiger partial charge on any atom is 0.230 e. The maximum atomic E-state index is 12.8. The highest BCUT2D eigenvalue weighted by Crippen LogP contribution is 2.30. The number of likely N-dealkylation sites (tertiary alicyclic amines) is 1. The molecular formula is C22H29NO4S4. The predicted molar refractivity (Wildman–Crippen MR) is 131 cm³/mol. The monoisotopic (exact) mass is 499 g/mol. The molecule has 170 valence electrons. The van der Waals surface area contributed by atoms with E-state index in [1.54, 1.807) is 48.5 Å². The minimum absolute atomic E-state index is 0.129. The molecular weight excluding hydrogens is 471 g/mol. The molecule has 0 spiro atoms. The second-order valence-electron chi connectivity index (χ2n) is 7.85. The molecule has 3 rings (SSSR count). The number of nitrogens with zero attached hydrogens (tertiary/aromatic N) is 1. The van der Waals surface area contributed by atoms with Crippen LogP contribution in [0.3, 0.4) is 0 Å². The SMILES string of the molecule is Cc1ccc(S(=O)(=O)SCC(CSS(=O)(=O)c2ccc(C)cc2)N2CCCCC2)cc1. The normalized spacial score (nSPS) is 16.0. The molecule has 0 N–H and O–H groups in total. The van der Waals surface area contributed by atoms with Gasteiger partial charge in [0, 0.05) is 17.5 Å². The molecule has 1 saturated heterocycles. The van der Waals surface area contributed by atoms with Crippen LogP contribution in [-0.2, 0) is 17.7 Å². The van der Waals surface area contributed by atoms with Crippen LogP contribution in [0.5, 0.6) is 0 Å². The summed E-state index contributed by atoms with van der Waals surface area (Å²) in [5, 5.41) is 0. The molecule has 1 aliphatic rings. The molecule has 1 heterocycles. The average molecular weight is 500 g/mol. The Hall–Kier alpha value is -1.00. The van der Waals surface area contributed by atoms with E-state index in [4.69, 9.17) is 0 Å². The third-order valence-electron chi connectivity index (χ3n) is 5.36. The summed E-state index contributed by atoms with van der Waals surface area (Å²) < 4.78 is 51.2. The van der Waals surface area contributed by atoms with Crippen LogP contribution in [0.25, 0.3) is 0 Å². The van der Waals surface area contributed by atoms with E-state index in [0.29, 0.717) is 21.3 Å². The lowest BCUT2D eigenvalue weighted by Gasteiger charge is -2.34. The molecule has 1 fully saturated rings. The summed E-state index contributed by atoms with van der Waals surface area (Å²) in [6.07, 6.45) is 3.27. The standard InChI is InChI=1S/C22H29NO4S4/c1-18-6-10-21(11-7-18)30(24,25)28-16-20(23-14-4-3-5-15-23)17-29-31(26,27)22-12-8-19(2)9-13-22/h6-13,20H,3-5,14-17H2,1-2H3. The number of hydrogen-bond donors (Lipinski definition) is 0. The van der Waals surface area contributed by atoms with Crippen molar-refractivity contribution in [2.45, 2.75) is 48.9 Å². The van der Waals surface area contributed by atoms with Crippen molar-refractivity contribution >= 4 is 39.3 Å². The van der Waals surface area contributed by atoms with Crippen molar-refractivity contribution in [3.05, 3.63) is 59.7 Å². The highest BCUT2D eigenvalue weighted by molar-refractivity contribution is 8.72. The highest BCUT2D eigenvalue weighted by Gasteiger charge is 2.27. The molecule has 0 atom stereocenters. The Bertz CT molecular complexity index is 980. The zero-order valence-electron chi connectivity index (χ0n) is 17.9. The first-order chi connectivity index (χ1) is 14.7. The number of hydrogen-bond acceptors (Lipinski definition) is 7. The van der Waals surface area contributed by atoms with Gasteiger partial charge in [-0.05, 0) is 85.6 Å². The minimum atomic E-state index is -3.49. The first kappa shape index (κ1) is 24.6. The van der Waals surface area contributed by atoms with Gasteiger partial charge in [-0.3, -0.25) is 4.90 Å². The Labute approximate surface area is 193 Å². The summed E-state index contributed by atoms with van der Waals surface area (Å²) in [5.74, 6) is 0.680. The Morgan fingerprint density at radius 2 is 1.10 bits per heavy atom. The van der Waals surface area contributed by atoms with Gasteiger partial charge in [0.25, 0.3) is 0 Å². The van der Waals surface area contributed by atoms with Gasteiger partial charge in [0.1, 0.15) is 0 Å². The Balaban J connectivity index is 1.70. The fraction of sp³-hybridized carbons (Fsp3) is 0.455. The van der Waals surface area contributed by atoms with Crippen LogP contribution in [0, 0.1) is 13.8 Å². The van der Waals surface area contributed by atoms with Crippen molar-refractivity contribution in [1.29, 1.82) is 0 Å². The van der Waals surface area contributed by atoms with Gasteiger partial charge in [-0.2, -0.15) is 0 Å². The van der Waals surface area contributed by atoms with Crippen LogP contribution < -0.4 is 0 Å². The smallest absolute Gasteiger partial charge is 0.230 e. The summed E-state index contributed by atoms with van der Waals surface area (Å²) >= 11 is 0. The second kappa shape index (κ2) is 10.7. The lowest BCUT2D eigenvalue weighted by Crippen LogP contribution is -2.42. The van der Waals surface area contributed by atoms with Crippen LogP contribution in [0.2, 0.25) is 0 Å². The van der Waals surface area contributed by atoms with E-state index in [0.717, 1.165) is 65.1 Å². The van der Waals surface area contributed by atoms with Gasteiger partial charge in [0.2, 0.25) is 17.7 Å². The molecule has 0 radical (unpaired) electrons. The molecule has 0 saturated carbocycles. The van der Waals surface area contributed by atoms with E-state index in [-0.39, 0.29) is 6.04 Å². The molecule has 5 nitrogen and oxygen atoms in total. The first-order valence-corrected chi connectivity index (χ1v) is 16.3. The fourth-order valence-electron chi connectivity index (χ4n) is 3.42. The van der Waals surface area contributed by atoms with Gasteiger partial charge in [-0.1, -0.05) is 41.8 Å². The molecule has 0 aromatic heterocycles. The summed E-state index contributed by atoms with van der Waals surface area (Å²) in [6.45, 7) is 5.59. The van der Waals surface area contributed by atoms with E-state index < -0.39 is 17.7 Å². The van der Waals surface area contributed by atoms with Crippen LogP contribution in [0.4, 0.5) is 0 Å². The maximum absolute atomic E-state index is 12.8. The van der Waals surface area contributed by atoms with Crippen molar-refractivity contribution in [1.82, 2.24) is 4.90 Å². The topological polar surface area (TPSA) is 71.5 Å². The summed E-state index contributed by atoms with van der Waals surface area (Å²) in [6, 6.07) is 13.6. The quantitative estimate of drug-likeness (QED) is 0.463. The molecule has 0 amide bonds. The van der Waals surface area contributed by atoms with Gasteiger partial charge in [0.05, 0.1) is 9.79 Å². The molecule has 0 bridgehead atoms. The molecule has 2 aromatic rings. The first-order valence-electron chi connectivity index (χ1n) is 10.3. The fourth-order valence-corrected chi connectivity index (χ4v) is 9.62. The van der Waals surface area contributed by atoms with Crippen molar-refractivity contribution < 1.29 is 16.8 Å². The van der Waals surface area contributed by atoms with Crippen molar-refractivity contribution in [2.75, 3.05) is 24.6 Å². The zero-order valence-corrected chi connectivity index (χ0v) is 21.1. The average Bonchev–Trinajstić information content (AvgIpc) is 2.75. The lowest BCUT2D eigenvalue weighted by molar-refractivity contribution is 0.190. The van der Waals surface area contributed by atoms with Crippen molar-refractivity contribution in [3.63, 3.8) is 0 Å². The molecule has 0 aliphatic carbocycles. The number of rotatable bonds is 9. The van der Waals surface area contributed by atoms with Crippen LogP contribution >= 0.6 is 21.6 Å². The number of benzene rings is 2. The van der Waals surface area contributed by atoms with Crippen molar-refractivity contribution in [2.24, 2.45) is 0 Å². The Morgan fingerprint density at radius 3 is 1.48 bits per heavy atom. The Kier molecular flexibility index (Phi) is 8.54. The molecule has 0 unspecified atom stereocenters. The Morgan fingerprint density at radius 1 is 0.710 bits per heavy atom. The van der Waals surface area contributed by atoms with E-state index in [2.05, 4.69) is 4.90 Å². The molecule has 1 aliphatic heterocycles. The number of aryl methyl sites for hydroxylation is 2. The van der Waals surface area contributed by atoms with E-state index >= 15 is 0 Å². The lowest BCUT2D eigenvalue weighted by atomic mass is 10.1. The molecule has 9 heteroatoms. The van der Waals surface area contributed by atoms with Gasteiger partial charge >= 0.3 is 0 Å². The van der Waals surface area contributed by atoms with Gasteiger partial charge in [-0.15, -0.1) is 0 Å². The summed E-state index contributed by atoms with van der Waals surface area (Å²) in [7, 11) is -5.16. The van der Waals surface area contributed by atoms with E-state index in [1.165, 1.54) is 0 Å². The van der Waals surface area contributed by atoms with Gasteiger partial charge < -0.3 is 0 Å². The molecule has 2 aromatic carbocycles. The minimum Gasteiger partial charge on any atom is -0.299 e. The van der Waals surface area contributed by atoms with Crippen LogP contribution in [0.15, 0.2) is 58.3 Å². The van der Waals surface area contributed by atoms with Gasteiger partial charge in [-0.25, -0.2) is 16.8 Å². The van der Waals surface area contributed by atoms with Crippen molar-refractivity contribution in [3.8, 4) is 0 Å². The summed E-state index contributed by atoms with van der Waals surface area (Å²) in [5.41, 5.74) is 2.01. The second-order valence-corrected chi connectivity index (χ2v) is 15.8. The highest BCUT2D eigenvalue weighted by atomic mass is 33.1. The molecule has 31 heavy (non-hydrogen) atoms.